The molecule has 0 aromatic rings. The van der Waals surface area contributed by atoms with Gasteiger partial charge in [-0.25, -0.2) is 0 Å². The normalized spacial score (nSPS) is 12.1. The molecule has 0 aliphatic heterocycles. The predicted molar refractivity (Wildman–Crippen MR) is 154 cm³/mol. The van der Waals surface area contributed by atoms with E-state index in [-0.39, 0.29) is 6.42 Å². The lowest BCUT2D eigenvalue weighted by Gasteiger charge is -2.30. The first-order valence-electron chi connectivity index (χ1n) is 15.6. The zero-order valence-corrected chi connectivity index (χ0v) is 24.6. The van der Waals surface area contributed by atoms with Crippen molar-refractivity contribution in [3.63, 3.8) is 0 Å². The summed E-state index contributed by atoms with van der Waals surface area (Å²) in [5.41, 5.74) is -0.613. The summed E-state index contributed by atoms with van der Waals surface area (Å²) in [4.78, 5) is 23.3. The predicted octanol–water partition coefficient (Wildman–Crippen LogP) is 10.4. The molecule has 4 nitrogen and oxygen atoms in total. The first-order valence-corrected chi connectivity index (χ1v) is 15.6. The fourth-order valence-corrected chi connectivity index (χ4v) is 5.41. The largest absolute Gasteiger partial charge is 0.481 e. The van der Waals surface area contributed by atoms with Crippen LogP contribution in [0.4, 0.5) is 0 Å². The third-order valence-electron chi connectivity index (χ3n) is 7.87. The molecular weight excluding hydrogens is 448 g/mol. The number of unbranched alkanes of at least 4 members (excludes halogenated alkanes) is 14. The lowest BCUT2D eigenvalue weighted by atomic mass is 9.74. The Kier molecular flexibility index (Phi) is 22.4. The molecule has 0 aliphatic carbocycles. The van der Waals surface area contributed by atoms with E-state index in [9.17, 15) is 14.7 Å². The van der Waals surface area contributed by atoms with Crippen molar-refractivity contribution in [2.24, 2.45) is 17.3 Å². The van der Waals surface area contributed by atoms with Crippen molar-refractivity contribution in [1.29, 1.82) is 0 Å². The van der Waals surface area contributed by atoms with E-state index >= 15 is 0 Å². The molecule has 0 atom stereocenters. The van der Waals surface area contributed by atoms with Crippen molar-refractivity contribution in [2.75, 3.05) is 0 Å². The van der Waals surface area contributed by atoms with Crippen LogP contribution >= 0.6 is 0 Å². The van der Waals surface area contributed by atoms with Gasteiger partial charge in [0.1, 0.15) is 0 Å². The molecule has 2 N–H and O–H groups in total. The van der Waals surface area contributed by atoms with Crippen LogP contribution in [0.3, 0.4) is 0 Å². The lowest BCUT2D eigenvalue weighted by molar-refractivity contribution is -0.151. The Morgan fingerprint density at radius 3 is 1.11 bits per heavy atom. The van der Waals surface area contributed by atoms with Gasteiger partial charge in [0.05, 0.1) is 5.41 Å². The maximum atomic E-state index is 12.5. The lowest BCUT2D eigenvalue weighted by Crippen LogP contribution is -2.31. The van der Waals surface area contributed by atoms with Gasteiger partial charge in [-0.2, -0.15) is 0 Å². The highest BCUT2D eigenvalue weighted by atomic mass is 16.4. The van der Waals surface area contributed by atoms with Gasteiger partial charge in [0.25, 0.3) is 0 Å². The van der Waals surface area contributed by atoms with Gasteiger partial charge in [0, 0.05) is 6.42 Å². The fourth-order valence-electron chi connectivity index (χ4n) is 5.41. The van der Waals surface area contributed by atoms with Crippen molar-refractivity contribution in [1.82, 2.24) is 0 Å². The highest BCUT2D eigenvalue weighted by Crippen LogP contribution is 2.38. The fraction of sp³-hybridized carbons (Fsp3) is 0.938. The van der Waals surface area contributed by atoms with E-state index in [1.807, 2.05) is 0 Å². The van der Waals surface area contributed by atoms with Crippen LogP contribution < -0.4 is 0 Å². The number of carboxylic acids is 2. The number of carbonyl (C=O) groups is 2. The minimum atomic E-state index is -0.757. The summed E-state index contributed by atoms with van der Waals surface area (Å²) in [6.07, 6.45) is 24.6. The van der Waals surface area contributed by atoms with Crippen LogP contribution in [0.15, 0.2) is 0 Å². The number of aliphatic carboxylic acids is 2. The first kappa shape index (κ1) is 34.9. The molecule has 4 heteroatoms. The van der Waals surface area contributed by atoms with Crippen molar-refractivity contribution in [3.8, 4) is 0 Å². The van der Waals surface area contributed by atoms with E-state index < -0.39 is 17.4 Å². The molecular formula is C32H62O4. The van der Waals surface area contributed by atoms with Crippen LogP contribution in [0.5, 0.6) is 0 Å². The molecule has 0 fully saturated rings. The number of rotatable bonds is 27. The minimum absolute atomic E-state index is 0.189. The average Bonchev–Trinajstić information content (AvgIpc) is 2.80. The second-order valence-corrected chi connectivity index (χ2v) is 12.4. The second-order valence-electron chi connectivity index (χ2n) is 12.4. The Bertz CT molecular complexity index is 500. The average molecular weight is 511 g/mol. The maximum Gasteiger partial charge on any atom is 0.309 e. The molecule has 214 valence electrons. The highest BCUT2D eigenvalue weighted by molar-refractivity contribution is 5.74. The maximum absolute atomic E-state index is 12.5. The van der Waals surface area contributed by atoms with Crippen LogP contribution in [0.1, 0.15) is 175 Å². The van der Waals surface area contributed by atoms with E-state index in [1.165, 1.54) is 77.0 Å². The van der Waals surface area contributed by atoms with E-state index in [0.29, 0.717) is 12.8 Å². The number of hydrogen-bond donors (Lipinski definition) is 2. The van der Waals surface area contributed by atoms with Crippen molar-refractivity contribution < 1.29 is 19.8 Å². The first-order chi connectivity index (χ1) is 17.2. The Balaban J connectivity index is 4.43. The summed E-state index contributed by atoms with van der Waals surface area (Å²) in [7, 11) is 0. The molecule has 0 radical (unpaired) electrons. The topological polar surface area (TPSA) is 74.6 Å². The Morgan fingerprint density at radius 1 is 0.500 bits per heavy atom. The third kappa shape index (κ3) is 21.1. The molecule has 36 heavy (non-hydrogen) atoms. The molecule has 0 aromatic carbocycles. The summed E-state index contributed by atoms with van der Waals surface area (Å²) in [5.74, 6) is 0.219. The summed E-state index contributed by atoms with van der Waals surface area (Å²) in [6.45, 7) is 9.15. The standard InChI is InChI=1S/C32H62O4/c1-28(2)22-16-11-7-5-9-13-19-25-32(31(35)36,27-21-15-18-24-30(33)34)26-20-14-10-6-8-12-17-23-29(3)4/h28-29H,5-27H2,1-4H3,(H,33,34)(H,35,36). The second kappa shape index (κ2) is 23.1. The highest BCUT2D eigenvalue weighted by Gasteiger charge is 2.36. The van der Waals surface area contributed by atoms with Gasteiger partial charge in [-0.1, -0.05) is 143 Å². The van der Waals surface area contributed by atoms with Crippen molar-refractivity contribution in [3.05, 3.63) is 0 Å². The van der Waals surface area contributed by atoms with Crippen LogP contribution in [-0.2, 0) is 9.59 Å². The number of carboxylic acid groups (broad SMARTS) is 2. The number of hydrogen-bond acceptors (Lipinski definition) is 2. The van der Waals surface area contributed by atoms with Gasteiger partial charge in [-0.3, -0.25) is 9.59 Å². The summed E-state index contributed by atoms with van der Waals surface area (Å²) >= 11 is 0. The smallest absolute Gasteiger partial charge is 0.309 e. The monoisotopic (exact) mass is 510 g/mol. The van der Waals surface area contributed by atoms with Crippen LogP contribution in [0.2, 0.25) is 0 Å². The van der Waals surface area contributed by atoms with Crippen molar-refractivity contribution in [2.45, 2.75) is 175 Å². The molecule has 0 aromatic heterocycles. The Hall–Kier alpha value is -1.06. The summed E-state index contributed by atoms with van der Waals surface area (Å²) in [6, 6.07) is 0. The van der Waals surface area contributed by atoms with Gasteiger partial charge in [0.15, 0.2) is 0 Å². The third-order valence-corrected chi connectivity index (χ3v) is 7.87. The van der Waals surface area contributed by atoms with E-state index in [4.69, 9.17) is 5.11 Å². The molecule has 0 bridgehead atoms. The van der Waals surface area contributed by atoms with Gasteiger partial charge < -0.3 is 10.2 Å². The van der Waals surface area contributed by atoms with Crippen LogP contribution in [0.25, 0.3) is 0 Å². The minimum Gasteiger partial charge on any atom is -0.481 e. The zero-order chi connectivity index (χ0) is 27.1. The SMILES string of the molecule is CC(C)CCCCCCCCCC(CCCCCCCCCC(C)C)(CCCCCC(=O)O)C(=O)O. The van der Waals surface area contributed by atoms with Gasteiger partial charge in [-0.15, -0.1) is 0 Å². The molecule has 0 saturated heterocycles. The molecule has 0 saturated carbocycles. The zero-order valence-electron chi connectivity index (χ0n) is 24.6. The Morgan fingerprint density at radius 2 is 0.806 bits per heavy atom. The quantitative estimate of drug-likeness (QED) is 0.108. The molecule has 0 spiro atoms. The van der Waals surface area contributed by atoms with Gasteiger partial charge in [-0.05, 0) is 37.5 Å². The summed E-state index contributed by atoms with van der Waals surface area (Å²) in [5, 5.41) is 19.1. The Labute approximate surface area is 224 Å². The molecule has 0 aliphatic rings. The summed E-state index contributed by atoms with van der Waals surface area (Å²) < 4.78 is 0. The van der Waals surface area contributed by atoms with E-state index in [1.54, 1.807) is 0 Å². The van der Waals surface area contributed by atoms with Crippen LogP contribution in [0, 0.1) is 17.3 Å². The van der Waals surface area contributed by atoms with Gasteiger partial charge >= 0.3 is 11.9 Å². The van der Waals surface area contributed by atoms with Crippen LogP contribution in [-0.4, -0.2) is 22.2 Å². The molecule has 0 unspecified atom stereocenters. The molecule has 0 heterocycles. The van der Waals surface area contributed by atoms with E-state index in [2.05, 4.69) is 27.7 Å². The van der Waals surface area contributed by atoms with Crippen molar-refractivity contribution >= 4 is 11.9 Å². The molecule has 0 rings (SSSR count). The van der Waals surface area contributed by atoms with Gasteiger partial charge in [0.2, 0.25) is 0 Å². The van der Waals surface area contributed by atoms with E-state index in [0.717, 1.165) is 63.2 Å². The molecule has 0 amide bonds.